The number of rotatable bonds is 6. The standard InChI is InChI=1S/C13H19F2N3O/c1-3-18(4-2)12(19)5-6-17-11-8-9(14)7-10(15)13(11)16/h7-8,17H,3-6,16H2,1-2H3. The van der Waals surface area contributed by atoms with Crippen molar-refractivity contribution in [2.75, 3.05) is 30.7 Å². The summed E-state index contributed by atoms with van der Waals surface area (Å²) in [5.74, 6) is -1.52. The number of nitrogen functional groups attached to an aromatic ring is 1. The van der Waals surface area contributed by atoms with E-state index in [-0.39, 0.29) is 30.2 Å². The Morgan fingerprint density at radius 3 is 2.53 bits per heavy atom. The number of nitrogens with zero attached hydrogens (tertiary/aromatic N) is 1. The third-order valence-electron chi connectivity index (χ3n) is 2.86. The normalized spacial score (nSPS) is 10.3. The number of amides is 1. The number of benzene rings is 1. The van der Waals surface area contributed by atoms with Crippen molar-refractivity contribution in [2.45, 2.75) is 20.3 Å². The molecule has 0 spiro atoms. The number of nitrogens with one attached hydrogen (secondary N) is 1. The lowest BCUT2D eigenvalue weighted by Crippen LogP contribution is -2.31. The third kappa shape index (κ3) is 4.08. The fourth-order valence-electron chi connectivity index (χ4n) is 1.77. The Kier molecular flexibility index (Phi) is 5.54. The van der Waals surface area contributed by atoms with E-state index < -0.39 is 11.6 Å². The first kappa shape index (κ1) is 15.2. The van der Waals surface area contributed by atoms with Crippen molar-refractivity contribution in [2.24, 2.45) is 0 Å². The fourth-order valence-corrected chi connectivity index (χ4v) is 1.77. The molecule has 0 saturated carbocycles. The van der Waals surface area contributed by atoms with E-state index in [0.29, 0.717) is 13.1 Å². The van der Waals surface area contributed by atoms with Crippen LogP contribution >= 0.6 is 0 Å². The molecule has 1 aromatic carbocycles. The Bertz CT molecular complexity index is 448. The van der Waals surface area contributed by atoms with E-state index in [1.165, 1.54) is 0 Å². The Morgan fingerprint density at radius 1 is 1.32 bits per heavy atom. The highest BCUT2D eigenvalue weighted by Crippen LogP contribution is 2.23. The summed E-state index contributed by atoms with van der Waals surface area (Å²) in [6.07, 6.45) is 0.249. The second kappa shape index (κ2) is 6.92. The van der Waals surface area contributed by atoms with Crippen LogP contribution in [-0.2, 0) is 4.79 Å². The van der Waals surface area contributed by atoms with Crippen LogP contribution in [0.2, 0.25) is 0 Å². The maximum atomic E-state index is 13.2. The molecule has 0 radical (unpaired) electrons. The van der Waals surface area contributed by atoms with E-state index in [1.807, 2.05) is 13.8 Å². The summed E-state index contributed by atoms with van der Waals surface area (Å²) in [5, 5.41) is 2.78. The topological polar surface area (TPSA) is 58.4 Å². The minimum Gasteiger partial charge on any atom is -0.395 e. The van der Waals surface area contributed by atoms with Crippen LogP contribution < -0.4 is 11.1 Å². The van der Waals surface area contributed by atoms with Crippen molar-refractivity contribution in [3.63, 3.8) is 0 Å². The molecule has 0 fully saturated rings. The summed E-state index contributed by atoms with van der Waals surface area (Å²) in [5.41, 5.74) is 5.51. The lowest BCUT2D eigenvalue weighted by molar-refractivity contribution is -0.130. The third-order valence-corrected chi connectivity index (χ3v) is 2.86. The molecule has 0 unspecified atom stereocenters. The van der Waals surface area contributed by atoms with Crippen molar-refractivity contribution in [1.82, 2.24) is 4.90 Å². The molecule has 4 nitrogen and oxygen atoms in total. The molecule has 0 bridgehead atoms. The SMILES string of the molecule is CCN(CC)C(=O)CCNc1cc(F)cc(F)c1N. The summed E-state index contributed by atoms with van der Waals surface area (Å²) < 4.78 is 26.2. The number of hydrogen-bond acceptors (Lipinski definition) is 3. The molecule has 0 aromatic heterocycles. The lowest BCUT2D eigenvalue weighted by atomic mass is 10.2. The number of nitrogens with two attached hydrogens (primary N) is 1. The summed E-state index contributed by atoms with van der Waals surface area (Å²) >= 11 is 0. The van der Waals surface area contributed by atoms with Gasteiger partial charge in [-0.15, -0.1) is 0 Å². The van der Waals surface area contributed by atoms with E-state index in [2.05, 4.69) is 5.32 Å². The molecule has 106 valence electrons. The zero-order valence-electron chi connectivity index (χ0n) is 11.2. The highest BCUT2D eigenvalue weighted by molar-refractivity contribution is 5.77. The molecule has 0 aliphatic rings. The number of halogens is 2. The average Bonchev–Trinajstić information content (AvgIpc) is 2.36. The predicted molar refractivity (Wildman–Crippen MR) is 71.8 cm³/mol. The molecule has 6 heteroatoms. The van der Waals surface area contributed by atoms with Gasteiger partial charge in [-0.3, -0.25) is 4.79 Å². The molecule has 1 rings (SSSR count). The van der Waals surface area contributed by atoms with Gasteiger partial charge >= 0.3 is 0 Å². The van der Waals surface area contributed by atoms with Gasteiger partial charge in [0, 0.05) is 32.1 Å². The van der Waals surface area contributed by atoms with E-state index in [9.17, 15) is 13.6 Å². The van der Waals surface area contributed by atoms with Gasteiger partial charge in [0.2, 0.25) is 5.91 Å². The second-order valence-corrected chi connectivity index (χ2v) is 4.09. The molecular weight excluding hydrogens is 252 g/mol. The predicted octanol–water partition coefficient (Wildman–Crippen LogP) is 2.22. The van der Waals surface area contributed by atoms with Crippen molar-refractivity contribution in [3.05, 3.63) is 23.8 Å². The van der Waals surface area contributed by atoms with E-state index in [1.54, 1.807) is 4.90 Å². The molecular formula is C13H19F2N3O. The van der Waals surface area contributed by atoms with Crippen molar-refractivity contribution >= 4 is 17.3 Å². The highest BCUT2D eigenvalue weighted by atomic mass is 19.1. The maximum absolute atomic E-state index is 13.2. The van der Waals surface area contributed by atoms with Crippen molar-refractivity contribution in [3.8, 4) is 0 Å². The molecule has 1 aromatic rings. The first-order chi connectivity index (χ1) is 8.99. The van der Waals surface area contributed by atoms with Gasteiger partial charge in [0.1, 0.15) is 5.82 Å². The van der Waals surface area contributed by atoms with Crippen LogP contribution in [0.25, 0.3) is 0 Å². The maximum Gasteiger partial charge on any atom is 0.224 e. The van der Waals surface area contributed by atoms with Crippen LogP contribution in [0.15, 0.2) is 12.1 Å². The van der Waals surface area contributed by atoms with E-state index >= 15 is 0 Å². The minimum atomic E-state index is -0.808. The summed E-state index contributed by atoms with van der Waals surface area (Å²) in [7, 11) is 0. The molecule has 1 amide bonds. The van der Waals surface area contributed by atoms with E-state index in [0.717, 1.165) is 12.1 Å². The monoisotopic (exact) mass is 271 g/mol. The Hall–Kier alpha value is -1.85. The van der Waals surface area contributed by atoms with Gasteiger partial charge in [0.25, 0.3) is 0 Å². The minimum absolute atomic E-state index is 0.00653. The summed E-state index contributed by atoms with van der Waals surface area (Å²) in [6.45, 7) is 5.37. The quantitative estimate of drug-likeness (QED) is 0.780. The van der Waals surface area contributed by atoms with Crippen LogP contribution in [0, 0.1) is 11.6 Å². The fraction of sp³-hybridized carbons (Fsp3) is 0.462. The van der Waals surface area contributed by atoms with Crippen LogP contribution in [0.1, 0.15) is 20.3 Å². The van der Waals surface area contributed by atoms with Gasteiger partial charge in [-0.2, -0.15) is 0 Å². The smallest absolute Gasteiger partial charge is 0.224 e. The Labute approximate surface area is 111 Å². The average molecular weight is 271 g/mol. The van der Waals surface area contributed by atoms with Gasteiger partial charge < -0.3 is 16.0 Å². The summed E-state index contributed by atoms with van der Waals surface area (Å²) in [4.78, 5) is 13.4. The van der Waals surface area contributed by atoms with Gasteiger partial charge in [-0.1, -0.05) is 0 Å². The molecule has 19 heavy (non-hydrogen) atoms. The molecule has 0 atom stereocenters. The summed E-state index contributed by atoms with van der Waals surface area (Å²) in [6, 6.07) is 1.84. The van der Waals surface area contributed by atoms with Crippen LogP contribution in [0.5, 0.6) is 0 Å². The van der Waals surface area contributed by atoms with Gasteiger partial charge in [0.15, 0.2) is 5.82 Å². The van der Waals surface area contributed by atoms with Crippen LogP contribution in [0.3, 0.4) is 0 Å². The van der Waals surface area contributed by atoms with Crippen molar-refractivity contribution in [1.29, 1.82) is 0 Å². The highest BCUT2D eigenvalue weighted by Gasteiger charge is 2.11. The van der Waals surface area contributed by atoms with E-state index in [4.69, 9.17) is 5.73 Å². The van der Waals surface area contributed by atoms with Crippen LogP contribution in [0.4, 0.5) is 20.2 Å². The number of hydrogen-bond donors (Lipinski definition) is 2. The molecule has 0 saturated heterocycles. The number of anilines is 2. The molecule has 0 aliphatic carbocycles. The largest absolute Gasteiger partial charge is 0.395 e. The zero-order chi connectivity index (χ0) is 14.4. The van der Waals surface area contributed by atoms with Gasteiger partial charge in [0.05, 0.1) is 11.4 Å². The molecule has 3 N–H and O–H groups in total. The second-order valence-electron chi connectivity index (χ2n) is 4.09. The molecule has 0 aliphatic heterocycles. The number of carbonyl (C=O) groups excluding carboxylic acids is 1. The van der Waals surface area contributed by atoms with Gasteiger partial charge in [-0.25, -0.2) is 8.78 Å². The van der Waals surface area contributed by atoms with Crippen LogP contribution in [-0.4, -0.2) is 30.4 Å². The molecule has 0 heterocycles. The first-order valence-electron chi connectivity index (χ1n) is 6.25. The Balaban J connectivity index is 2.56. The number of carbonyl (C=O) groups is 1. The Morgan fingerprint density at radius 2 is 1.95 bits per heavy atom. The zero-order valence-corrected chi connectivity index (χ0v) is 11.2. The van der Waals surface area contributed by atoms with Gasteiger partial charge in [-0.05, 0) is 19.9 Å². The lowest BCUT2D eigenvalue weighted by Gasteiger charge is -2.19. The van der Waals surface area contributed by atoms with Crippen molar-refractivity contribution < 1.29 is 13.6 Å². The first-order valence-corrected chi connectivity index (χ1v) is 6.25.